The summed E-state index contributed by atoms with van der Waals surface area (Å²) in [5.41, 5.74) is 5.74. The molecule has 1 aromatic heterocycles. The Balaban J connectivity index is 2.50. The van der Waals surface area contributed by atoms with Crippen molar-refractivity contribution in [2.75, 3.05) is 0 Å². The van der Waals surface area contributed by atoms with E-state index in [1.165, 1.54) is 0 Å². The van der Waals surface area contributed by atoms with Crippen LogP contribution in [-0.4, -0.2) is 6.04 Å². The van der Waals surface area contributed by atoms with E-state index in [2.05, 4.69) is 22.9 Å². The SMILES string of the molecule is CCC(N)Cc1cc(Br)co1. The maximum atomic E-state index is 5.74. The first-order valence-corrected chi connectivity index (χ1v) is 4.50. The smallest absolute Gasteiger partial charge is 0.106 e. The van der Waals surface area contributed by atoms with Gasteiger partial charge in [-0.3, -0.25) is 0 Å². The van der Waals surface area contributed by atoms with Crippen LogP contribution in [0.15, 0.2) is 21.2 Å². The molecule has 0 fully saturated rings. The van der Waals surface area contributed by atoms with Crippen molar-refractivity contribution in [2.24, 2.45) is 5.73 Å². The molecule has 1 aromatic rings. The molecule has 2 nitrogen and oxygen atoms in total. The van der Waals surface area contributed by atoms with Gasteiger partial charge in [0, 0.05) is 12.5 Å². The summed E-state index contributed by atoms with van der Waals surface area (Å²) in [7, 11) is 0. The van der Waals surface area contributed by atoms with Gasteiger partial charge in [0.25, 0.3) is 0 Å². The summed E-state index contributed by atoms with van der Waals surface area (Å²) < 4.78 is 6.19. The largest absolute Gasteiger partial charge is 0.468 e. The van der Waals surface area contributed by atoms with Gasteiger partial charge < -0.3 is 10.2 Å². The Morgan fingerprint density at radius 2 is 2.45 bits per heavy atom. The molecule has 1 unspecified atom stereocenters. The third-order valence-corrected chi connectivity index (χ3v) is 2.03. The minimum Gasteiger partial charge on any atom is -0.468 e. The molecule has 0 spiro atoms. The fourth-order valence-corrected chi connectivity index (χ4v) is 1.21. The molecule has 11 heavy (non-hydrogen) atoms. The van der Waals surface area contributed by atoms with E-state index in [-0.39, 0.29) is 6.04 Å². The molecule has 62 valence electrons. The van der Waals surface area contributed by atoms with Crippen LogP contribution in [0.3, 0.4) is 0 Å². The summed E-state index contributed by atoms with van der Waals surface area (Å²) in [5, 5.41) is 0. The van der Waals surface area contributed by atoms with Crippen molar-refractivity contribution in [2.45, 2.75) is 25.8 Å². The van der Waals surface area contributed by atoms with Gasteiger partial charge in [-0.1, -0.05) is 6.92 Å². The highest BCUT2D eigenvalue weighted by Gasteiger charge is 2.04. The van der Waals surface area contributed by atoms with Crippen LogP contribution in [0.4, 0.5) is 0 Å². The Hall–Kier alpha value is -0.280. The average molecular weight is 218 g/mol. The van der Waals surface area contributed by atoms with Gasteiger partial charge in [-0.25, -0.2) is 0 Å². The van der Waals surface area contributed by atoms with E-state index in [4.69, 9.17) is 10.2 Å². The molecule has 0 bridgehead atoms. The zero-order valence-electron chi connectivity index (χ0n) is 6.51. The minimum atomic E-state index is 0.216. The van der Waals surface area contributed by atoms with Gasteiger partial charge in [0.05, 0.1) is 4.47 Å². The topological polar surface area (TPSA) is 39.2 Å². The van der Waals surface area contributed by atoms with Crippen LogP contribution in [0.5, 0.6) is 0 Å². The van der Waals surface area contributed by atoms with Crippen molar-refractivity contribution in [1.29, 1.82) is 0 Å². The maximum absolute atomic E-state index is 5.74. The zero-order chi connectivity index (χ0) is 8.27. The van der Waals surface area contributed by atoms with Crippen molar-refractivity contribution < 1.29 is 4.42 Å². The third kappa shape index (κ3) is 2.67. The van der Waals surface area contributed by atoms with Crippen molar-refractivity contribution in [3.05, 3.63) is 22.6 Å². The number of rotatable bonds is 3. The Bertz CT molecular complexity index is 222. The average Bonchev–Trinajstić information content (AvgIpc) is 2.35. The van der Waals surface area contributed by atoms with E-state index < -0.39 is 0 Å². The van der Waals surface area contributed by atoms with Crippen LogP contribution in [0.1, 0.15) is 19.1 Å². The fraction of sp³-hybridized carbons (Fsp3) is 0.500. The highest BCUT2D eigenvalue weighted by molar-refractivity contribution is 9.10. The Morgan fingerprint density at radius 1 is 1.73 bits per heavy atom. The van der Waals surface area contributed by atoms with Crippen molar-refractivity contribution >= 4 is 15.9 Å². The molecule has 0 amide bonds. The van der Waals surface area contributed by atoms with E-state index in [0.29, 0.717) is 0 Å². The third-order valence-electron chi connectivity index (χ3n) is 1.61. The van der Waals surface area contributed by atoms with Crippen LogP contribution in [-0.2, 0) is 6.42 Å². The van der Waals surface area contributed by atoms with Gasteiger partial charge in [0.1, 0.15) is 12.0 Å². The predicted molar refractivity (Wildman–Crippen MR) is 48.4 cm³/mol. The minimum absolute atomic E-state index is 0.216. The van der Waals surface area contributed by atoms with E-state index in [0.717, 1.165) is 23.1 Å². The molecule has 0 radical (unpaired) electrons. The van der Waals surface area contributed by atoms with Gasteiger partial charge in [-0.2, -0.15) is 0 Å². The van der Waals surface area contributed by atoms with Crippen LogP contribution in [0.25, 0.3) is 0 Å². The molecule has 1 rings (SSSR count). The first-order valence-electron chi connectivity index (χ1n) is 3.71. The molecule has 0 aliphatic heterocycles. The molecule has 2 N–H and O–H groups in total. The molecule has 3 heteroatoms. The highest BCUT2D eigenvalue weighted by atomic mass is 79.9. The van der Waals surface area contributed by atoms with E-state index in [9.17, 15) is 0 Å². The van der Waals surface area contributed by atoms with Crippen LogP contribution in [0, 0.1) is 0 Å². The highest BCUT2D eigenvalue weighted by Crippen LogP contribution is 2.15. The number of hydrogen-bond donors (Lipinski definition) is 1. The molecule has 0 saturated heterocycles. The molecule has 0 saturated carbocycles. The van der Waals surface area contributed by atoms with Gasteiger partial charge >= 0.3 is 0 Å². The molecular weight excluding hydrogens is 206 g/mol. The van der Waals surface area contributed by atoms with Gasteiger partial charge in [0.15, 0.2) is 0 Å². The summed E-state index contributed by atoms with van der Waals surface area (Å²) in [6.45, 7) is 2.07. The van der Waals surface area contributed by atoms with E-state index >= 15 is 0 Å². The molecule has 1 atom stereocenters. The standard InChI is InChI=1S/C8H12BrNO/c1-2-7(10)4-8-3-6(9)5-11-8/h3,5,7H,2,4,10H2,1H3. The maximum Gasteiger partial charge on any atom is 0.106 e. The van der Waals surface area contributed by atoms with E-state index in [1.54, 1.807) is 6.26 Å². The van der Waals surface area contributed by atoms with Crippen molar-refractivity contribution in [1.82, 2.24) is 0 Å². The molecule has 0 aliphatic rings. The van der Waals surface area contributed by atoms with Crippen LogP contribution in [0.2, 0.25) is 0 Å². The monoisotopic (exact) mass is 217 g/mol. The summed E-state index contributed by atoms with van der Waals surface area (Å²) in [4.78, 5) is 0. The molecule has 0 aromatic carbocycles. The fourth-order valence-electron chi connectivity index (χ4n) is 0.864. The lowest BCUT2D eigenvalue weighted by molar-refractivity contribution is 0.479. The summed E-state index contributed by atoms with van der Waals surface area (Å²) in [6, 6.07) is 2.17. The summed E-state index contributed by atoms with van der Waals surface area (Å²) in [5.74, 6) is 0.950. The lowest BCUT2D eigenvalue weighted by atomic mass is 10.1. The lowest BCUT2D eigenvalue weighted by Crippen LogP contribution is -2.20. The second kappa shape index (κ2) is 3.93. The summed E-state index contributed by atoms with van der Waals surface area (Å²) in [6.07, 6.45) is 3.48. The molecular formula is C8H12BrNO. The van der Waals surface area contributed by atoms with E-state index in [1.807, 2.05) is 6.07 Å². The summed E-state index contributed by atoms with van der Waals surface area (Å²) >= 11 is 3.31. The number of furan rings is 1. The molecule has 0 aliphatic carbocycles. The quantitative estimate of drug-likeness (QED) is 0.845. The lowest BCUT2D eigenvalue weighted by Gasteiger charge is -2.03. The van der Waals surface area contributed by atoms with Crippen LogP contribution >= 0.6 is 15.9 Å². The second-order valence-electron chi connectivity index (χ2n) is 2.60. The zero-order valence-corrected chi connectivity index (χ0v) is 8.10. The van der Waals surface area contributed by atoms with Crippen LogP contribution < -0.4 is 5.73 Å². The number of hydrogen-bond acceptors (Lipinski definition) is 2. The Kier molecular flexibility index (Phi) is 3.15. The first-order chi connectivity index (χ1) is 5.22. The Labute approximate surface area is 74.9 Å². The predicted octanol–water partition coefficient (Wildman–Crippen LogP) is 2.32. The second-order valence-corrected chi connectivity index (χ2v) is 3.52. The van der Waals surface area contributed by atoms with Crippen molar-refractivity contribution in [3.8, 4) is 0 Å². The molecule has 1 heterocycles. The van der Waals surface area contributed by atoms with Gasteiger partial charge in [-0.15, -0.1) is 0 Å². The number of halogens is 1. The van der Waals surface area contributed by atoms with Gasteiger partial charge in [-0.05, 0) is 28.4 Å². The first kappa shape index (κ1) is 8.81. The number of nitrogens with two attached hydrogens (primary N) is 1. The Morgan fingerprint density at radius 3 is 2.91 bits per heavy atom. The normalized spacial score (nSPS) is 13.4. The van der Waals surface area contributed by atoms with Gasteiger partial charge in [0.2, 0.25) is 0 Å². The van der Waals surface area contributed by atoms with Crippen molar-refractivity contribution in [3.63, 3.8) is 0 Å².